The maximum Gasteiger partial charge on any atom is 0.319 e. The van der Waals surface area contributed by atoms with Crippen LogP contribution in [-0.2, 0) is 13.6 Å². The molecule has 20 heavy (non-hydrogen) atoms. The number of amides is 2. The van der Waals surface area contributed by atoms with Crippen LogP contribution in [0.3, 0.4) is 0 Å². The van der Waals surface area contributed by atoms with Gasteiger partial charge in [0.1, 0.15) is 11.5 Å². The van der Waals surface area contributed by atoms with E-state index in [-0.39, 0.29) is 23.6 Å². The Bertz CT molecular complexity index is 665. The van der Waals surface area contributed by atoms with Crippen molar-refractivity contribution in [2.75, 3.05) is 5.32 Å². The first kappa shape index (κ1) is 13.8. The Morgan fingerprint density at radius 2 is 1.95 bits per heavy atom. The highest BCUT2D eigenvalue weighted by Crippen LogP contribution is 2.02. The number of nitrogens with one attached hydrogen (secondary N) is 2. The van der Waals surface area contributed by atoms with Gasteiger partial charge in [-0.2, -0.15) is 0 Å². The first-order valence-electron chi connectivity index (χ1n) is 6.01. The Morgan fingerprint density at radius 1 is 1.25 bits per heavy atom. The summed E-state index contributed by atoms with van der Waals surface area (Å²) in [7, 11) is 1.60. The van der Waals surface area contributed by atoms with Crippen LogP contribution in [0.5, 0.6) is 0 Å². The minimum Gasteiger partial charge on any atom is -0.334 e. The van der Waals surface area contributed by atoms with Gasteiger partial charge < -0.3 is 15.2 Å². The second-order valence-electron chi connectivity index (χ2n) is 4.27. The van der Waals surface area contributed by atoms with E-state index in [0.29, 0.717) is 0 Å². The van der Waals surface area contributed by atoms with Crippen LogP contribution in [0.15, 0.2) is 47.4 Å². The molecule has 2 rings (SSSR count). The fourth-order valence-corrected chi connectivity index (χ4v) is 1.64. The number of halogens is 1. The maximum absolute atomic E-state index is 12.7. The number of carbonyl (C=O) groups is 1. The summed E-state index contributed by atoms with van der Waals surface area (Å²) in [6.45, 7) is 0.249. The van der Waals surface area contributed by atoms with E-state index >= 15 is 0 Å². The minimum absolute atomic E-state index is 0.201. The van der Waals surface area contributed by atoms with Crippen molar-refractivity contribution < 1.29 is 9.18 Å². The fraction of sp³-hybridized carbons (Fsp3) is 0.143. The van der Waals surface area contributed by atoms with Gasteiger partial charge in [0.05, 0.1) is 0 Å². The van der Waals surface area contributed by atoms with Crippen LogP contribution in [0.25, 0.3) is 0 Å². The van der Waals surface area contributed by atoms with E-state index < -0.39 is 6.03 Å². The van der Waals surface area contributed by atoms with Crippen LogP contribution in [0, 0.1) is 5.82 Å². The molecule has 0 aliphatic rings. The molecule has 2 amide bonds. The van der Waals surface area contributed by atoms with Gasteiger partial charge in [0.25, 0.3) is 5.56 Å². The van der Waals surface area contributed by atoms with Crippen molar-refractivity contribution in [3.05, 3.63) is 64.3 Å². The highest BCUT2D eigenvalue weighted by Gasteiger charge is 2.05. The Kier molecular flexibility index (Phi) is 4.14. The summed E-state index contributed by atoms with van der Waals surface area (Å²) >= 11 is 0. The molecule has 0 aliphatic carbocycles. The molecule has 0 saturated heterocycles. The van der Waals surface area contributed by atoms with Crippen molar-refractivity contribution in [3.63, 3.8) is 0 Å². The summed E-state index contributed by atoms with van der Waals surface area (Å²) in [6.07, 6.45) is 1.60. The number of carbonyl (C=O) groups excluding carboxylic acids is 1. The zero-order valence-electron chi connectivity index (χ0n) is 10.9. The molecule has 2 aromatic rings. The van der Waals surface area contributed by atoms with Gasteiger partial charge in [-0.3, -0.25) is 4.79 Å². The van der Waals surface area contributed by atoms with E-state index in [1.54, 1.807) is 31.4 Å². The fourth-order valence-electron chi connectivity index (χ4n) is 1.64. The van der Waals surface area contributed by atoms with Crippen molar-refractivity contribution in [2.45, 2.75) is 6.54 Å². The number of rotatable bonds is 3. The van der Waals surface area contributed by atoms with Gasteiger partial charge in [-0.05, 0) is 29.8 Å². The Hall–Kier alpha value is -2.63. The number of benzene rings is 1. The molecule has 0 atom stereocenters. The quantitative estimate of drug-likeness (QED) is 0.898. The molecule has 2 N–H and O–H groups in total. The predicted molar refractivity (Wildman–Crippen MR) is 73.9 cm³/mol. The number of nitrogens with zero attached hydrogens (tertiary/aromatic N) is 1. The molecule has 6 heteroatoms. The monoisotopic (exact) mass is 275 g/mol. The summed E-state index contributed by atoms with van der Waals surface area (Å²) in [5.41, 5.74) is 0.679. The number of aromatic nitrogens is 1. The third-order valence-electron chi connectivity index (χ3n) is 2.74. The van der Waals surface area contributed by atoms with E-state index in [1.165, 1.54) is 22.8 Å². The molecular weight excluding hydrogens is 261 g/mol. The third kappa shape index (κ3) is 3.44. The highest BCUT2D eigenvalue weighted by atomic mass is 19.1. The van der Waals surface area contributed by atoms with Crippen molar-refractivity contribution in [2.24, 2.45) is 7.05 Å². The molecule has 1 aromatic heterocycles. The van der Waals surface area contributed by atoms with E-state index in [4.69, 9.17) is 0 Å². The van der Waals surface area contributed by atoms with E-state index in [0.717, 1.165) is 5.56 Å². The van der Waals surface area contributed by atoms with Crippen LogP contribution >= 0.6 is 0 Å². The molecule has 1 heterocycles. The summed E-state index contributed by atoms with van der Waals surface area (Å²) in [5, 5.41) is 5.07. The molecule has 0 saturated carbocycles. The SMILES string of the molecule is Cn1cccc(NC(=O)NCc2ccc(F)cc2)c1=O. The van der Waals surface area contributed by atoms with Gasteiger partial charge >= 0.3 is 6.03 Å². The molecule has 0 unspecified atom stereocenters. The maximum atomic E-state index is 12.7. The van der Waals surface area contributed by atoms with Gasteiger partial charge in [0.2, 0.25) is 0 Å². The smallest absolute Gasteiger partial charge is 0.319 e. The summed E-state index contributed by atoms with van der Waals surface area (Å²) in [5.74, 6) is -0.328. The second kappa shape index (κ2) is 6.01. The third-order valence-corrected chi connectivity index (χ3v) is 2.74. The first-order chi connectivity index (χ1) is 9.56. The van der Waals surface area contributed by atoms with Crippen LogP contribution in [0.1, 0.15) is 5.56 Å². The molecule has 0 bridgehead atoms. The van der Waals surface area contributed by atoms with Gasteiger partial charge in [-0.1, -0.05) is 12.1 Å². The van der Waals surface area contributed by atoms with Gasteiger partial charge in [-0.15, -0.1) is 0 Å². The normalized spacial score (nSPS) is 10.1. The average molecular weight is 275 g/mol. The van der Waals surface area contributed by atoms with Crippen molar-refractivity contribution in [1.29, 1.82) is 0 Å². The van der Waals surface area contributed by atoms with E-state index in [1.807, 2.05) is 0 Å². The number of urea groups is 1. The molecule has 0 spiro atoms. The molecule has 0 fully saturated rings. The molecule has 1 aromatic carbocycles. The lowest BCUT2D eigenvalue weighted by molar-refractivity contribution is 0.251. The number of pyridine rings is 1. The van der Waals surface area contributed by atoms with E-state index in [2.05, 4.69) is 10.6 Å². The van der Waals surface area contributed by atoms with Crippen molar-refractivity contribution in [3.8, 4) is 0 Å². The number of anilines is 1. The Morgan fingerprint density at radius 3 is 2.65 bits per heavy atom. The zero-order chi connectivity index (χ0) is 14.5. The lowest BCUT2D eigenvalue weighted by atomic mass is 10.2. The predicted octanol–water partition coefficient (Wildman–Crippen LogP) is 1.85. The lowest BCUT2D eigenvalue weighted by Crippen LogP contribution is -2.31. The largest absolute Gasteiger partial charge is 0.334 e. The van der Waals surface area contributed by atoms with Crippen LogP contribution in [-0.4, -0.2) is 10.6 Å². The number of aryl methyl sites for hydroxylation is 1. The Labute approximate surface area is 115 Å². The number of hydrogen-bond donors (Lipinski definition) is 2. The lowest BCUT2D eigenvalue weighted by Gasteiger charge is -2.08. The molecule has 0 radical (unpaired) electrons. The molecule has 5 nitrogen and oxygen atoms in total. The second-order valence-corrected chi connectivity index (χ2v) is 4.27. The van der Waals surface area contributed by atoms with Gasteiger partial charge in [0.15, 0.2) is 0 Å². The number of hydrogen-bond acceptors (Lipinski definition) is 2. The molecule has 104 valence electrons. The minimum atomic E-state index is -0.488. The van der Waals surface area contributed by atoms with Crippen molar-refractivity contribution in [1.82, 2.24) is 9.88 Å². The van der Waals surface area contributed by atoms with Gasteiger partial charge in [-0.25, -0.2) is 9.18 Å². The Balaban J connectivity index is 1.94. The standard InChI is InChI=1S/C14H14FN3O2/c1-18-8-2-3-12(13(18)19)17-14(20)16-9-10-4-6-11(15)7-5-10/h2-8H,9H2,1H3,(H2,16,17,20). The van der Waals surface area contributed by atoms with E-state index in [9.17, 15) is 14.0 Å². The molecule has 0 aliphatic heterocycles. The zero-order valence-corrected chi connectivity index (χ0v) is 10.9. The molecular formula is C14H14FN3O2. The summed E-state index contributed by atoms with van der Waals surface area (Å²) in [6, 6.07) is 8.51. The van der Waals surface area contributed by atoms with Crippen molar-refractivity contribution >= 4 is 11.7 Å². The topological polar surface area (TPSA) is 63.1 Å². The highest BCUT2D eigenvalue weighted by molar-refractivity contribution is 5.88. The average Bonchev–Trinajstić information content (AvgIpc) is 2.43. The summed E-state index contributed by atoms with van der Waals surface area (Å²) < 4.78 is 14.1. The summed E-state index contributed by atoms with van der Waals surface area (Å²) in [4.78, 5) is 23.4. The van der Waals surface area contributed by atoms with Crippen LogP contribution < -0.4 is 16.2 Å². The van der Waals surface area contributed by atoms with Crippen LogP contribution in [0.4, 0.5) is 14.9 Å². The van der Waals surface area contributed by atoms with Gasteiger partial charge in [0, 0.05) is 19.8 Å². The van der Waals surface area contributed by atoms with Crippen LogP contribution in [0.2, 0.25) is 0 Å². The first-order valence-corrected chi connectivity index (χ1v) is 6.01.